The minimum Gasteiger partial charge on any atom is -0.378 e. The van der Waals surface area contributed by atoms with Crippen LogP contribution in [0.15, 0.2) is 54.6 Å². The van der Waals surface area contributed by atoms with Gasteiger partial charge in [0.25, 0.3) is 0 Å². The van der Waals surface area contributed by atoms with E-state index in [-0.39, 0.29) is 18.9 Å². The van der Waals surface area contributed by atoms with E-state index in [4.69, 9.17) is 10.5 Å². The first kappa shape index (κ1) is 21.9. The van der Waals surface area contributed by atoms with Gasteiger partial charge in [0, 0.05) is 31.7 Å². The highest BCUT2D eigenvalue weighted by Crippen LogP contribution is 2.25. The Kier molecular flexibility index (Phi) is 6.68. The first-order valence-electron chi connectivity index (χ1n) is 10.5. The van der Waals surface area contributed by atoms with Gasteiger partial charge in [0.15, 0.2) is 5.78 Å². The van der Waals surface area contributed by atoms with Crippen LogP contribution >= 0.6 is 0 Å². The largest absolute Gasteiger partial charge is 0.378 e. The van der Waals surface area contributed by atoms with E-state index in [1.165, 1.54) is 4.31 Å². The molecular formula is C22H28N4O4S. The molecule has 2 heterocycles. The number of Topliss-reactive ketones (excluding diaryl/α,β-unsaturated/α-hetero) is 1. The fraction of sp³-hybridized carbons (Fsp3) is 0.409. The van der Waals surface area contributed by atoms with Crippen molar-refractivity contribution in [3.8, 4) is 0 Å². The summed E-state index contributed by atoms with van der Waals surface area (Å²) in [6.07, 6.45) is 0. The van der Waals surface area contributed by atoms with Crippen LogP contribution in [-0.2, 0) is 21.5 Å². The Hall–Kier alpha value is -2.30. The third-order valence-electron chi connectivity index (χ3n) is 5.85. The van der Waals surface area contributed by atoms with Crippen LogP contribution in [0, 0.1) is 0 Å². The molecule has 2 aromatic carbocycles. The van der Waals surface area contributed by atoms with Crippen molar-refractivity contribution < 1.29 is 17.9 Å². The summed E-state index contributed by atoms with van der Waals surface area (Å²) in [5.41, 5.74) is 7.36. The zero-order chi connectivity index (χ0) is 21.8. The molecule has 31 heavy (non-hydrogen) atoms. The number of piperazine rings is 1. The molecule has 0 aliphatic carbocycles. The molecular weight excluding hydrogens is 416 g/mol. The summed E-state index contributed by atoms with van der Waals surface area (Å²) in [6, 6.07) is 16.5. The molecule has 9 heteroatoms. The number of nitrogens with zero attached hydrogens (tertiary/aromatic N) is 3. The molecule has 2 saturated heterocycles. The van der Waals surface area contributed by atoms with Crippen molar-refractivity contribution in [1.29, 1.82) is 0 Å². The van der Waals surface area contributed by atoms with E-state index in [0.717, 1.165) is 18.8 Å². The predicted octanol–water partition coefficient (Wildman–Crippen LogP) is 1.10. The van der Waals surface area contributed by atoms with E-state index in [2.05, 4.69) is 4.90 Å². The maximum atomic E-state index is 13.6. The number of nitrogens with two attached hydrogens (primary N) is 1. The van der Waals surface area contributed by atoms with E-state index >= 15 is 0 Å². The van der Waals surface area contributed by atoms with Crippen LogP contribution in [-0.4, -0.2) is 75.4 Å². The van der Waals surface area contributed by atoms with Crippen molar-refractivity contribution in [2.24, 2.45) is 5.73 Å². The Bertz CT molecular complexity index is 986. The second-order valence-electron chi connectivity index (χ2n) is 7.80. The number of ketones is 1. The van der Waals surface area contributed by atoms with Gasteiger partial charge in [-0.05, 0) is 17.7 Å². The lowest BCUT2D eigenvalue weighted by molar-refractivity contribution is -0.0721. The fourth-order valence-corrected chi connectivity index (χ4v) is 5.46. The van der Waals surface area contributed by atoms with E-state index in [9.17, 15) is 13.2 Å². The van der Waals surface area contributed by atoms with Crippen LogP contribution in [0.25, 0.3) is 0 Å². The molecule has 0 radical (unpaired) electrons. The molecule has 166 valence electrons. The molecule has 0 unspecified atom stereocenters. The number of hydrogen-bond donors (Lipinski definition) is 1. The molecule has 8 nitrogen and oxygen atoms in total. The third-order valence-corrected chi connectivity index (χ3v) is 7.76. The van der Waals surface area contributed by atoms with Gasteiger partial charge in [-0.1, -0.05) is 42.5 Å². The maximum Gasteiger partial charge on any atom is 0.304 e. The number of benzene rings is 2. The summed E-state index contributed by atoms with van der Waals surface area (Å²) in [7, 11) is -3.72. The topological polar surface area (TPSA) is 96.2 Å². The standard InChI is InChI=1S/C22H28N4O4S/c23-14-22(27)19-8-6-18(7-9-19)15-26(20-4-2-1-3-5-20)31(28,29)25-12-10-24(11-13-25)21-16-30-17-21/h1-9,21H,10-17,23H2. The average Bonchev–Trinajstić information content (AvgIpc) is 2.77. The smallest absolute Gasteiger partial charge is 0.304 e. The zero-order valence-corrected chi connectivity index (χ0v) is 18.2. The SMILES string of the molecule is NCC(=O)c1ccc(CN(c2ccccc2)S(=O)(=O)N2CCN(C3COC3)CC2)cc1. The van der Waals surface area contributed by atoms with Gasteiger partial charge in [-0.15, -0.1) is 0 Å². The number of para-hydroxylation sites is 1. The Morgan fingerprint density at radius 3 is 2.19 bits per heavy atom. The van der Waals surface area contributed by atoms with Gasteiger partial charge in [0.2, 0.25) is 0 Å². The molecule has 0 amide bonds. The molecule has 0 atom stereocenters. The van der Waals surface area contributed by atoms with Gasteiger partial charge in [-0.3, -0.25) is 14.0 Å². The molecule has 2 aromatic rings. The van der Waals surface area contributed by atoms with Crippen LogP contribution in [0.1, 0.15) is 15.9 Å². The molecule has 2 aliphatic heterocycles. The van der Waals surface area contributed by atoms with Gasteiger partial charge >= 0.3 is 10.2 Å². The molecule has 0 bridgehead atoms. The highest BCUT2D eigenvalue weighted by Gasteiger charge is 2.35. The second kappa shape index (κ2) is 9.46. The normalized spacial score (nSPS) is 18.5. The molecule has 4 rings (SSSR count). The Labute approximate surface area is 183 Å². The van der Waals surface area contributed by atoms with Crippen molar-refractivity contribution in [2.45, 2.75) is 12.6 Å². The van der Waals surface area contributed by atoms with Crippen LogP contribution in [0.2, 0.25) is 0 Å². The maximum absolute atomic E-state index is 13.6. The molecule has 2 aliphatic rings. The Morgan fingerprint density at radius 1 is 1.00 bits per heavy atom. The number of carbonyl (C=O) groups excluding carboxylic acids is 1. The van der Waals surface area contributed by atoms with E-state index in [0.29, 0.717) is 43.5 Å². The van der Waals surface area contributed by atoms with Crippen molar-refractivity contribution in [3.63, 3.8) is 0 Å². The van der Waals surface area contributed by atoms with Crippen LogP contribution in [0.3, 0.4) is 0 Å². The van der Waals surface area contributed by atoms with Crippen molar-refractivity contribution in [2.75, 3.05) is 50.2 Å². The minimum absolute atomic E-state index is 0.0528. The summed E-state index contributed by atoms with van der Waals surface area (Å²) < 4.78 is 35.5. The van der Waals surface area contributed by atoms with Crippen LogP contribution < -0.4 is 10.0 Å². The first-order valence-corrected chi connectivity index (χ1v) is 11.9. The number of hydrogen-bond acceptors (Lipinski definition) is 6. The van der Waals surface area contributed by atoms with E-state index in [1.807, 2.05) is 18.2 Å². The lowest BCUT2D eigenvalue weighted by atomic mass is 10.1. The Morgan fingerprint density at radius 2 is 1.65 bits per heavy atom. The minimum atomic E-state index is -3.72. The molecule has 2 N–H and O–H groups in total. The second-order valence-corrected chi connectivity index (χ2v) is 9.65. The quantitative estimate of drug-likeness (QED) is 0.613. The van der Waals surface area contributed by atoms with E-state index in [1.54, 1.807) is 40.7 Å². The average molecular weight is 445 g/mol. The van der Waals surface area contributed by atoms with Crippen molar-refractivity contribution in [3.05, 3.63) is 65.7 Å². The monoisotopic (exact) mass is 444 g/mol. The molecule has 2 fully saturated rings. The number of rotatable bonds is 8. The number of ether oxygens (including phenoxy) is 1. The van der Waals surface area contributed by atoms with Crippen LogP contribution in [0.5, 0.6) is 0 Å². The van der Waals surface area contributed by atoms with Gasteiger partial charge in [0.05, 0.1) is 38.0 Å². The summed E-state index contributed by atoms with van der Waals surface area (Å²) in [6.45, 7) is 3.88. The zero-order valence-electron chi connectivity index (χ0n) is 17.4. The van der Waals surface area contributed by atoms with Gasteiger partial charge in [-0.2, -0.15) is 12.7 Å². The van der Waals surface area contributed by atoms with Gasteiger partial charge in [-0.25, -0.2) is 0 Å². The van der Waals surface area contributed by atoms with Crippen molar-refractivity contribution in [1.82, 2.24) is 9.21 Å². The highest BCUT2D eigenvalue weighted by molar-refractivity contribution is 7.90. The van der Waals surface area contributed by atoms with Gasteiger partial charge < -0.3 is 10.5 Å². The summed E-state index contributed by atoms with van der Waals surface area (Å²) >= 11 is 0. The van der Waals surface area contributed by atoms with Crippen LogP contribution in [0.4, 0.5) is 5.69 Å². The molecule has 0 spiro atoms. The fourth-order valence-electron chi connectivity index (χ4n) is 3.85. The first-order chi connectivity index (χ1) is 15.0. The lowest BCUT2D eigenvalue weighted by Gasteiger charge is -2.43. The molecule has 0 saturated carbocycles. The van der Waals surface area contributed by atoms with E-state index < -0.39 is 10.2 Å². The molecule has 0 aromatic heterocycles. The number of carbonyl (C=O) groups is 1. The summed E-state index contributed by atoms with van der Waals surface area (Å²) in [4.78, 5) is 14.1. The Balaban J connectivity index is 1.54. The summed E-state index contributed by atoms with van der Waals surface area (Å²) in [5.74, 6) is -0.145. The number of anilines is 1. The third kappa shape index (κ3) is 4.81. The summed E-state index contributed by atoms with van der Waals surface area (Å²) in [5, 5.41) is 0. The van der Waals surface area contributed by atoms with Crippen molar-refractivity contribution >= 4 is 21.7 Å². The predicted molar refractivity (Wildman–Crippen MR) is 119 cm³/mol. The lowest BCUT2D eigenvalue weighted by Crippen LogP contribution is -2.59. The highest BCUT2D eigenvalue weighted by atomic mass is 32.2. The van der Waals surface area contributed by atoms with Gasteiger partial charge in [0.1, 0.15) is 0 Å².